The van der Waals surface area contributed by atoms with E-state index >= 15 is 0 Å². The number of rotatable bonds is 6. The number of para-hydroxylation sites is 3. The first-order chi connectivity index (χ1) is 29.7. The lowest BCUT2D eigenvalue weighted by molar-refractivity contribution is 1.15. The largest absolute Gasteiger partial charge is 0.293 e. The molecular weight excluding hydrogens is 729 g/mol. The molecule has 280 valence electrons. The Morgan fingerprint density at radius 1 is 0.317 bits per heavy atom. The summed E-state index contributed by atoms with van der Waals surface area (Å²) in [5.41, 5.74) is 15.4. The summed E-state index contributed by atoms with van der Waals surface area (Å²) in [6, 6.07) is 78.0. The van der Waals surface area contributed by atoms with Gasteiger partial charge in [0.05, 0.1) is 27.9 Å². The standard InChI is InChI=1S/C56H36N4/c1-2-15-41(16-3-1)54-48-21-8-9-22-51(48)60-53-24-11-10-23-52(53)59(56(54)60)47-20-12-19-44(35-47)39-25-29-40(30-26-39)49-36-50(45-31-27-37-13-4-6-17-42(37)33-45)58-55(57-49)46-32-28-38-14-5-7-18-43(38)34-46/h1-36H. The Balaban J connectivity index is 0.978. The van der Waals surface area contributed by atoms with Crippen LogP contribution < -0.4 is 0 Å². The van der Waals surface area contributed by atoms with Crippen LogP contribution in [0.25, 0.3) is 111 Å². The molecule has 0 unspecified atom stereocenters. The summed E-state index contributed by atoms with van der Waals surface area (Å²) in [5, 5.41) is 5.99. The first kappa shape index (κ1) is 34.0. The van der Waals surface area contributed by atoms with Crippen LogP contribution in [0.4, 0.5) is 0 Å². The van der Waals surface area contributed by atoms with Crippen molar-refractivity contribution in [2.75, 3.05) is 0 Å². The van der Waals surface area contributed by atoms with E-state index in [1.165, 1.54) is 43.7 Å². The monoisotopic (exact) mass is 764 g/mol. The molecule has 0 atom stereocenters. The fourth-order valence-corrected chi connectivity index (χ4v) is 9.00. The number of imidazole rings is 1. The molecule has 3 heterocycles. The molecule has 9 aromatic carbocycles. The van der Waals surface area contributed by atoms with Crippen LogP contribution in [-0.2, 0) is 0 Å². The smallest absolute Gasteiger partial charge is 0.160 e. The first-order valence-corrected chi connectivity index (χ1v) is 20.4. The van der Waals surface area contributed by atoms with Gasteiger partial charge < -0.3 is 0 Å². The molecule has 0 saturated carbocycles. The molecule has 0 aliphatic carbocycles. The molecule has 0 spiro atoms. The third kappa shape index (κ3) is 5.61. The van der Waals surface area contributed by atoms with Gasteiger partial charge in [0, 0.05) is 33.3 Å². The van der Waals surface area contributed by atoms with E-state index in [2.05, 4.69) is 227 Å². The normalized spacial score (nSPS) is 11.7. The fraction of sp³-hybridized carbons (Fsp3) is 0. The molecule has 0 N–H and O–H groups in total. The minimum absolute atomic E-state index is 0.705. The minimum atomic E-state index is 0.705. The van der Waals surface area contributed by atoms with Gasteiger partial charge in [-0.2, -0.15) is 0 Å². The minimum Gasteiger partial charge on any atom is -0.293 e. The Bertz CT molecular complexity index is 3500. The predicted molar refractivity (Wildman–Crippen MR) is 250 cm³/mol. The van der Waals surface area contributed by atoms with E-state index in [0.717, 1.165) is 61.4 Å². The second-order valence-electron chi connectivity index (χ2n) is 15.5. The average molecular weight is 765 g/mol. The van der Waals surface area contributed by atoms with E-state index in [4.69, 9.17) is 9.97 Å². The van der Waals surface area contributed by atoms with E-state index in [9.17, 15) is 0 Å². The third-order valence-electron chi connectivity index (χ3n) is 11.9. The van der Waals surface area contributed by atoms with Crippen molar-refractivity contribution in [3.05, 3.63) is 218 Å². The summed E-state index contributed by atoms with van der Waals surface area (Å²) in [6.07, 6.45) is 0. The summed E-state index contributed by atoms with van der Waals surface area (Å²) in [4.78, 5) is 10.4. The van der Waals surface area contributed by atoms with Crippen LogP contribution in [-0.4, -0.2) is 18.9 Å². The number of benzene rings is 9. The third-order valence-corrected chi connectivity index (χ3v) is 11.9. The van der Waals surface area contributed by atoms with Gasteiger partial charge in [0.2, 0.25) is 0 Å². The second-order valence-corrected chi connectivity index (χ2v) is 15.5. The van der Waals surface area contributed by atoms with E-state index in [1.807, 2.05) is 0 Å². The molecule has 60 heavy (non-hydrogen) atoms. The highest BCUT2D eigenvalue weighted by Gasteiger charge is 2.22. The summed E-state index contributed by atoms with van der Waals surface area (Å²) >= 11 is 0. The van der Waals surface area contributed by atoms with Crippen LogP contribution in [0.3, 0.4) is 0 Å². The zero-order chi connectivity index (χ0) is 39.6. The van der Waals surface area contributed by atoms with Crippen molar-refractivity contribution in [2.24, 2.45) is 0 Å². The number of nitrogens with zero attached hydrogens (tertiary/aromatic N) is 4. The maximum absolute atomic E-state index is 5.21. The van der Waals surface area contributed by atoms with Crippen molar-refractivity contribution in [1.82, 2.24) is 18.9 Å². The summed E-state index contributed by atoms with van der Waals surface area (Å²) in [7, 11) is 0. The quantitative estimate of drug-likeness (QED) is 0.169. The van der Waals surface area contributed by atoms with Gasteiger partial charge in [-0.25, -0.2) is 9.97 Å². The predicted octanol–water partition coefficient (Wildman–Crippen LogP) is 14.5. The van der Waals surface area contributed by atoms with Gasteiger partial charge >= 0.3 is 0 Å². The molecule has 0 saturated heterocycles. The highest BCUT2D eigenvalue weighted by molar-refractivity contribution is 6.09. The van der Waals surface area contributed by atoms with Crippen molar-refractivity contribution in [3.8, 4) is 61.8 Å². The van der Waals surface area contributed by atoms with Crippen molar-refractivity contribution in [3.63, 3.8) is 0 Å². The fourth-order valence-electron chi connectivity index (χ4n) is 9.00. The zero-order valence-electron chi connectivity index (χ0n) is 32.6. The topological polar surface area (TPSA) is 35.1 Å². The Hall–Kier alpha value is -8.08. The van der Waals surface area contributed by atoms with Gasteiger partial charge in [0.25, 0.3) is 0 Å². The molecule has 0 fully saturated rings. The molecule has 0 radical (unpaired) electrons. The Labute approximate surface area is 346 Å². The lowest BCUT2D eigenvalue weighted by Crippen LogP contribution is -1.97. The Morgan fingerprint density at radius 2 is 0.867 bits per heavy atom. The van der Waals surface area contributed by atoms with Crippen molar-refractivity contribution >= 4 is 49.1 Å². The van der Waals surface area contributed by atoms with Gasteiger partial charge in [-0.15, -0.1) is 0 Å². The summed E-state index contributed by atoms with van der Waals surface area (Å²) in [6.45, 7) is 0. The van der Waals surface area contributed by atoms with Gasteiger partial charge in [-0.3, -0.25) is 8.97 Å². The highest BCUT2D eigenvalue weighted by atomic mass is 15.1. The number of hydrogen-bond acceptors (Lipinski definition) is 2. The van der Waals surface area contributed by atoms with Gasteiger partial charge in [-0.1, -0.05) is 170 Å². The first-order valence-electron chi connectivity index (χ1n) is 20.4. The van der Waals surface area contributed by atoms with E-state index in [-0.39, 0.29) is 0 Å². The van der Waals surface area contributed by atoms with Crippen LogP contribution >= 0.6 is 0 Å². The van der Waals surface area contributed by atoms with Crippen molar-refractivity contribution in [1.29, 1.82) is 0 Å². The van der Waals surface area contributed by atoms with Crippen LogP contribution in [0.1, 0.15) is 0 Å². The second kappa shape index (κ2) is 13.8. The molecule has 3 aromatic heterocycles. The maximum atomic E-state index is 5.21. The van der Waals surface area contributed by atoms with Crippen LogP contribution in [0.5, 0.6) is 0 Å². The maximum Gasteiger partial charge on any atom is 0.160 e. The van der Waals surface area contributed by atoms with E-state index in [0.29, 0.717) is 5.82 Å². The lowest BCUT2D eigenvalue weighted by Gasteiger charge is -2.12. The van der Waals surface area contributed by atoms with Gasteiger partial charge in [0.1, 0.15) is 5.65 Å². The molecule has 12 aromatic rings. The average Bonchev–Trinajstić information content (AvgIpc) is 3.84. The Morgan fingerprint density at radius 3 is 1.62 bits per heavy atom. The molecule has 0 amide bonds. The van der Waals surface area contributed by atoms with Crippen LogP contribution in [0.2, 0.25) is 0 Å². The van der Waals surface area contributed by atoms with Gasteiger partial charge in [-0.05, 0) is 86.8 Å². The molecule has 0 aliphatic heterocycles. The molecule has 4 heteroatoms. The molecule has 0 aliphatic rings. The highest BCUT2D eigenvalue weighted by Crippen LogP contribution is 2.41. The molecule has 12 rings (SSSR count). The van der Waals surface area contributed by atoms with Crippen molar-refractivity contribution in [2.45, 2.75) is 0 Å². The lowest BCUT2D eigenvalue weighted by atomic mass is 10.00. The van der Waals surface area contributed by atoms with Gasteiger partial charge in [0.15, 0.2) is 5.82 Å². The summed E-state index contributed by atoms with van der Waals surface area (Å²) < 4.78 is 4.85. The van der Waals surface area contributed by atoms with E-state index < -0.39 is 0 Å². The molecular formula is C56H36N4. The van der Waals surface area contributed by atoms with E-state index in [1.54, 1.807) is 0 Å². The number of aromatic nitrogens is 4. The Kier molecular flexibility index (Phi) is 7.82. The summed E-state index contributed by atoms with van der Waals surface area (Å²) in [5.74, 6) is 0.705. The zero-order valence-corrected chi connectivity index (χ0v) is 32.6. The number of hydrogen-bond donors (Lipinski definition) is 0. The molecule has 4 nitrogen and oxygen atoms in total. The van der Waals surface area contributed by atoms with Crippen molar-refractivity contribution < 1.29 is 0 Å². The molecule has 0 bridgehead atoms. The van der Waals surface area contributed by atoms with Crippen LogP contribution in [0, 0.1) is 0 Å². The van der Waals surface area contributed by atoms with Crippen LogP contribution in [0.15, 0.2) is 218 Å². The SMILES string of the molecule is c1ccc(-c2c3ccccc3n3c4ccccc4n(-c4cccc(-c5ccc(-c6cc(-c7ccc8ccccc8c7)nc(-c7ccc8ccccc8c7)n6)cc5)c4)c23)cc1. The number of fused-ring (bicyclic) bond motifs is 7.